The Labute approximate surface area is 705 Å². The minimum absolute atomic E-state index is 0.840. The molecule has 16 aromatic carbocycles. The molecule has 0 aliphatic heterocycles. The molecule has 0 atom stereocenters. The highest BCUT2D eigenvalue weighted by Crippen LogP contribution is 2.43. The van der Waals surface area contributed by atoms with Gasteiger partial charge in [-0.15, -0.1) is 11.3 Å². The number of hydrogen-bond donors (Lipinski definition) is 0. The Bertz CT molecular complexity index is 7670. The number of ether oxygens (including phenoxy) is 1. The maximum absolute atomic E-state index is 6.38. The van der Waals surface area contributed by atoms with Crippen LogP contribution in [0.1, 0.15) is 47.1 Å². The average Bonchev–Trinajstić information content (AvgIpc) is 0.943. The van der Waals surface area contributed by atoms with Gasteiger partial charge in [-0.1, -0.05) is 212 Å². The number of pyridine rings is 4. The first kappa shape index (κ1) is 76.0. The van der Waals surface area contributed by atoms with Gasteiger partial charge in [-0.05, 0) is 263 Å². The first-order valence-corrected chi connectivity index (χ1v) is 42.6. The first-order chi connectivity index (χ1) is 58.6. The summed E-state index contributed by atoms with van der Waals surface area (Å²) < 4.78 is 15.4. The predicted molar refractivity (Wildman–Crippen MR) is 510 cm³/mol. The number of rotatable bonds is 9. The number of aromatic nitrogens is 4. The quantitative estimate of drug-likeness (QED) is 0.106. The Balaban J connectivity index is 0.000000106. The van der Waals surface area contributed by atoms with Crippen molar-refractivity contribution in [2.24, 2.45) is 28.2 Å². The van der Waals surface area contributed by atoms with Crippen molar-refractivity contribution in [2.75, 3.05) is 19.0 Å². The molecule has 21 aromatic rings. The number of thiophene rings is 1. The molecule has 7 heteroatoms. The van der Waals surface area contributed by atoms with Crippen LogP contribution < -0.4 is 27.9 Å². The summed E-state index contributed by atoms with van der Waals surface area (Å²) in [6.07, 6.45) is 15.1. The van der Waals surface area contributed by atoms with E-state index in [1.807, 2.05) is 30.3 Å². The summed E-state index contributed by atoms with van der Waals surface area (Å²) >= 11 is 1.80. The van der Waals surface area contributed by atoms with Crippen LogP contribution in [0.3, 0.4) is 0 Å². The molecule has 5 heterocycles. The number of nitrogens with zero attached hydrogens (tertiary/aromatic N) is 5. The van der Waals surface area contributed by atoms with Crippen LogP contribution >= 0.6 is 11.3 Å². The second kappa shape index (κ2) is 32.1. The van der Waals surface area contributed by atoms with E-state index >= 15 is 0 Å². The number of aryl methyl sites for hydroxylation is 8. The molecular formula is C113H95N5OS+4. The van der Waals surface area contributed by atoms with Crippen molar-refractivity contribution in [3.63, 3.8) is 0 Å². The van der Waals surface area contributed by atoms with E-state index in [4.69, 9.17) is 4.74 Å². The normalized spacial score (nSPS) is 12.0. The van der Waals surface area contributed by atoms with Gasteiger partial charge in [-0.2, -0.15) is 0 Å². The zero-order valence-electron chi connectivity index (χ0n) is 69.7. The number of benzene rings is 16. The van der Waals surface area contributed by atoms with Crippen LogP contribution in [0.2, 0.25) is 0 Å². The van der Waals surface area contributed by atoms with Crippen molar-refractivity contribution in [3.8, 4) is 67.0 Å². The van der Waals surface area contributed by atoms with E-state index in [9.17, 15) is 0 Å². The average molecular weight is 1570 g/mol. The molecule has 5 aromatic heterocycles. The van der Waals surface area contributed by atoms with Gasteiger partial charge < -0.3 is 9.64 Å². The zero-order chi connectivity index (χ0) is 81.8. The van der Waals surface area contributed by atoms with Crippen molar-refractivity contribution in [3.05, 3.63) is 386 Å². The second-order valence-corrected chi connectivity index (χ2v) is 33.6. The van der Waals surface area contributed by atoms with Crippen LogP contribution in [-0.2, 0) is 28.2 Å². The summed E-state index contributed by atoms with van der Waals surface area (Å²) in [5, 5.41) is 30.1. The highest BCUT2D eigenvalue weighted by Gasteiger charge is 2.25. The van der Waals surface area contributed by atoms with Crippen LogP contribution in [-0.4, -0.2) is 14.1 Å². The molecule has 0 spiro atoms. The van der Waals surface area contributed by atoms with Gasteiger partial charge in [0.1, 0.15) is 39.7 Å². The lowest BCUT2D eigenvalue weighted by atomic mass is 9.92. The number of fused-ring (bicyclic) bond motifs is 11. The van der Waals surface area contributed by atoms with E-state index in [1.165, 1.54) is 227 Å². The van der Waals surface area contributed by atoms with Crippen molar-refractivity contribution >= 4 is 141 Å². The molecule has 0 saturated heterocycles. The van der Waals surface area contributed by atoms with Crippen molar-refractivity contribution in [1.82, 2.24) is 0 Å². The molecule has 120 heavy (non-hydrogen) atoms. The SMILES string of the molecule is Cc1c(-c2cc3cc4ccccc4cc3c[n+]2C)cc(-c2cccs2)c2ccccc12.Cc1c(-c2cc3cc4ccccc4cc3c[n+]2C)cc(N(C)C)c2ccccc12.Cc1c(-c2cc3cc4ccccc4cc3c[n+]2C)cc(Oc2ccccc2)c2ccccc12.Cc1ccc(C2=CCCC2)cc1-c1cc2cc3ccccc3cc2c[n+]1C. The molecule has 1 aliphatic rings. The van der Waals surface area contributed by atoms with Crippen LogP contribution in [0.4, 0.5) is 5.69 Å². The van der Waals surface area contributed by atoms with Gasteiger partial charge in [-0.25, -0.2) is 18.3 Å². The van der Waals surface area contributed by atoms with Gasteiger partial charge in [0.25, 0.3) is 0 Å². The maximum atomic E-state index is 6.38. The van der Waals surface area contributed by atoms with Gasteiger partial charge in [-0.3, -0.25) is 0 Å². The summed E-state index contributed by atoms with van der Waals surface area (Å²) in [6.45, 7) is 8.91. The largest absolute Gasteiger partial charge is 0.457 e. The van der Waals surface area contributed by atoms with Gasteiger partial charge in [0.15, 0.2) is 24.8 Å². The molecule has 0 radical (unpaired) electrons. The second-order valence-electron chi connectivity index (χ2n) is 32.7. The third kappa shape index (κ3) is 14.7. The molecule has 1 aliphatic carbocycles. The standard InChI is InChI=1S/C31H24NO.C29H22NS.C27H25N2.C26H24N/c1-21-27-14-8-9-15-28(27)31(33-26-12-4-3-5-13-26)19-29(21)30-18-24-16-22-10-6-7-11-23(22)17-25(24)20-32(30)2;1-19-24-10-5-6-11-25(24)27(29-12-7-13-31-29)17-26(19)28-16-22-14-20-8-3-4-9-21(20)15-23(22)18-30(28)2;1-18-23-11-7-8-12-24(23)26(28(2)3)16-25(18)27-15-21-13-19-9-5-6-10-20(19)14-22(21)17-29(27)4;1-18-11-12-22(19-7-3-4-8-19)15-25(18)26-16-23-13-20-9-5-6-10-21(20)14-24(23)17-27(26)2/h3-20H,1-2H3;3-18H,1-2H3;5-17H,1-4H3;5-7,9-17H,3-4,8H2,1-2H3/q4*+1. The smallest absolute Gasteiger partial charge is 0.213 e. The highest BCUT2D eigenvalue weighted by molar-refractivity contribution is 7.13. The van der Waals surface area contributed by atoms with E-state index in [-0.39, 0.29) is 0 Å². The number of anilines is 1. The molecule has 0 amide bonds. The number of para-hydroxylation sites is 1. The van der Waals surface area contributed by atoms with Crippen molar-refractivity contribution in [1.29, 1.82) is 0 Å². The fourth-order valence-corrected chi connectivity index (χ4v) is 19.0. The minimum atomic E-state index is 0.840. The third-order valence-electron chi connectivity index (χ3n) is 24.7. The number of allylic oxidation sites excluding steroid dienone is 2. The lowest BCUT2D eigenvalue weighted by molar-refractivity contribution is -0.659. The molecule has 0 saturated carbocycles. The minimum Gasteiger partial charge on any atom is -0.457 e. The summed E-state index contributed by atoms with van der Waals surface area (Å²) in [4.78, 5) is 3.52. The molecule has 0 N–H and O–H groups in total. The van der Waals surface area contributed by atoms with E-state index < -0.39 is 0 Å². The summed E-state index contributed by atoms with van der Waals surface area (Å²) in [7, 11) is 12.8. The molecule has 22 rings (SSSR count). The van der Waals surface area contributed by atoms with E-state index in [0.717, 1.165) is 16.9 Å². The summed E-state index contributed by atoms with van der Waals surface area (Å²) in [5.41, 5.74) is 20.7. The Morgan fingerprint density at radius 3 is 1.08 bits per heavy atom. The van der Waals surface area contributed by atoms with Crippen molar-refractivity contribution in [2.45, 2.75) is 47.0 Å². The van der Waals surface area contributed by atoms with Gasteiger partial charge in [0.2, 0.25) is 22.8 Å². The maximum Gasteiger partial charge on any atom is 0.213 e. The zero-order valence-corrected chi connectivity index (χ0v) is 70.6. The molecular weight excluding hydrogens is 1480 g/mol. The van der Waals surface area contributed by atoms with E-state index in [2.05, 4.69) is 421 Å². The van der Waals surface area contributed by atoms with Crippen molar-refractivity contribution < 1.29 is 23.0 Å². The van der Waals surface area contributed by atoms with Crippen LogP contribution in [0.5, 0.6) is 11.5 Å². The van der Waals surface area contributed by atoms with Crippen LogP contribution in [0, 0.1) is 27.7 Å². The van der Waals surface area contributed by atoms with Crippen LogP contribution in [0.15, 0.2) is 358 Å². The van der Waals surface area contributed by atoms with Gasteiger partial charge >= 0.3 is 0 Å². The fourth-order valence-electron chi connectivity index (χ4n) is 18.3. The predicted octanol–water partition coefficient (Wildman–Crippen LogP) is 27.8. The molecule has 0 unspecified atom stereocenters. The lowest BCUT2D eigenvalue weighted by Gasteiger charge is -2.19. The summed E-state index contributed by atoms with van der Waals surface area (Å²) in [5.74, 6) is 1.71. The Kier molecular flexibility index (Phi) is 20.4. The first-order valence-electron chi connectivity index (χ1n) is 41.7. The monoisotopic (exact) mass is 1570 g/mol. The van der Waals surface area contributed by atoms with Crippen LogP contribution in [0.25, 0.3) is 180 Å². The third-order valence-corrected chi connectivity index (χ3v) is 25.6. The lowest BCUT2D eigenvalue weighted by Crippen LogP contribution is -2.30. The summed E-state index contributed by atoms with van der Waals surface area (Å²) in [6, 6.07) is 116. The highest BCUT2D eigenvalue weighted by atomic mass is 32.1. The van der Waals surface area contributed by atoms with Gasteiger partial charge in [0, 0.05) is 92.4 Å². The fraction of sp³-hybridized carbons (Fsp3) is 0.115. The number of hydrogen-bond acceptors (Lipinski definition) is 3. The Morgan fingerprint density at radius 2 is 0.667 bits per heavy atom. The molecule has 580 valence electrons. The van der Waals surface area contributed by atoms with Gasteiger partial charge in [0.05, 0.1) is 16.7 Å². The molecule has 0 fully saturated rings. The van der Waals surface area contributed by atoms with E-state index in [0.29, 0.717) is 0 Å². The molecule has 6 nitrogen and oxygen atoms in total. The molecule has 0 bridgehead atoms. The van der Waals surface area contributed by atoms with E-state index in [1.54, 1.807) is 11.3 Å². The Morgan fingerprint density at radius 1 is 0.300 bits per heavy atom. The topological polar surface area (TPSA) is 28.0 Å². The Hall–Kier alpha value is -14.0.